The highest BCUT2D eigenvalue weighted by Gasteiger charge is 2.40. The largest absolute Gasteiger partial charge is 0.573 e. The lowest BCUT2D eigenvalue weighted by molar-refractivity contribution is -0.274. The predicted molar refractivity (Wildman–Crippen MR) is 133 cm³/mol. The first kappa shape index (κ1) is 25.6. The van der Waals surface area contributed by atoms with E-state index in [9.17, 15) is 26.7 Å². The molecule has 3 aromatic carbocycles. The molecular formula is C27H27F3N2O4S. The molecule has 1 heterocycles. The molecule has 1 saturated carbocycles. The van der Waals surface area contributed by atoms with Crippen molar-refractivity contribution in [3.8, 4) is 5.75 Å². The monoisotopic (exact) mass is 532 g/mol. The fraction of sp³-hybridized carbons (Fsp3) is 0.333. The lowest BCUT2D eigenvalue weighted by atomic mass is 9.86. The number of aliphatic hydroxyl groups excluding tert-OH is 1. The van der Waals surface area contributed by atoms with E-state index in [4.69, 9.17) is 0 Å². The zero-order valence-electron chi connectivity index (χ0n) is 19.9. The molecule has 3 atom stereocenters. The van der Waals surface area contributed by atoms with Crippen molar-refractivity contribution >= 4 is 21.4 Å². The first-order chi connectivity index (χ1) is 17.6. The van der Waals surface area contributed by atoms with E-state index in [0.29, 0.717) is 19.3 Å². The minimum Gasteiger partial charge on any atom is -0.406 e. The Labute approximate surface area is 213 Å². The van der Waals surface area contributed by atoms with Crippen LogP contribution in [0, 0.1) is 0 Å². The van der Waals surface area contributed by atoms with Crippen LogP contribution in [0.2, 0.25) is 0 Å². The second-order valence-electron chi connectivity index (χ2n) is 9.36. The molecule has 1 aliphatic heterocycles. The summed E-state index contributed by atoms with van der Waals surface area (Å²) >= 11 is 0. The van der Waals surface area contributed by atoms with Crippen molar-refractivity contribution in [3.05, 3.63) is 83.9 Å². The Morgan fingerprint density at radius 3 is 2.00 bits per heavy atom. The van der Waals surface area contributed by atoms with E-state index in [0.717, 1.165) is 59.6 Å². The first-order valence-electron chi connectivity index (χ1n) is 12.1. The number of benzene rings is 3. The Kier molecular flexibility index (Phi) is 6.91. The molecule has 3 aromatic rings. The van der Waals surface area contributed by atoms with E-state index in [1.54, 1.807) is 0 Å². The van der Waals surface area contributed by atoms with Crippen molar-refractivity contribution in [2.75, 3.05) is 4.90 Å². The maximum absolute atomic E-state index is 13.1. The Bertz CT molecular complexity index is 1320. The molecule has 0 bridgehead atoms. The van der Waals surface area contributed by atoms with Crippen molar-refractivity contribution in [3.63, 3.8) is 0 Å². The molecule has 0 amide bonds. The Hall–Kier alpha value is -3.08. The second kappa shape index (κ2) is 10.00. The highest BCUT2D eigenvalue weighted by Crippen LogP contribution is 2.41. The molecule has 0 aromatic heterocycles. The number of nitrogens with one attached hydrogen (secondary N) is 1. The zero-order chi connectivity index (χ0) is 26.2. The molecular weight excluding hydrogens is 505 g/mol. The summed E-state index contributed by atoms with van der Waals surface area (Å²) in [5, 5.41) is 11.5. The van der Waals surface area contributed by atoms with E-state index in [-0.39, 0.29) is 10.9 Å². The van der Waals surface area contributed by atoms with Crippen LogP contribution in [0.25, 0.3) is 0 Å². The van der Waals surface area contributed by atoms with Crippen molar-refractivity contribution in [1.29, 1.82) is 0 Å². The van der Waals surface area contributed by atoms with Gasteiger partial charge in [0.15, 0.2) is 0 Å². The van der Waals surface area contributed by atoms with Crippen LogP contribution in [0.4, 0.5) is 24.5 Å². The van der Waals surface area contributed by atoms with Crippen molar-refractivity contribution in [2.24, 2.45) is 0 Å². The first-order valence-corrected chi connectivity index (χ1v) is 13.6. The summed E-state index contributed by atoms with van der Waals surface area (Å²) < 4.78 is 69.9. The number of alkyl halides is 3. The average molecular weight is 533 g/mol. The number of hydrogen-bond acceptors (Lipinski definition) is 5. The zero-order valence-corrected chi connectivity index (χ0v) is 20.7. The van der Waals surface area contributed by atoms with Gasteiger partial charge in [-0.3, -0.25) is 0 Å². The van der Waals surface area contributed by atoms with Gasteiger partial charge in [0, 0.05) is 11.4 Å². The summed E-state index contributed by atoms with van der Waals surface area (Å²) in [5.41, 5.74) is 4.32. The lowest BCUT2D eigenvalue weighted by Crippen LogP contribution is -2.55. The topological polar surface area (TPSA) is 78.9 Å². The molecule has 2 aliphatic rings. The summed E-state index contributed by atoms with van der Waals surface area (Å²) in [6.45, 7) is 0. The van der Waals surface area contributed by atoms with Crippen LogP contribution in [-0.4, -0.2) is 38.1 Å². The summed E-state index contributed by atoms with van der Waals surface area (Å²) in [4.78, 5) is 1.94. The Balaban J connectivity index is 1.41. The van der Waals surface area contributed by atoms with E-state index in [1.165, 1.54) is 0 Å². The highest BCUT2D eigenvalue weighted by atomic mass is 32.2. The normalized spacial score (nSPS) is 22.1. The van der Waals surface area contributed by atoms with Crippen LogP contribution in [0.3, 0.4) is 0 Å². The fourth-order valence-electron chi connectivity index (χ4n) is 5.33. The number of halogens is 3. The van der Waals surface area contributed by atoms with E-state index >= 15 is 0 Å². The molecule has 196 valence electrons. The number of rotatable bonds is 5. The van der Waals surface area contributed by atoms with Crippen LogP contribution < -0.4 is 14.4 Å². The number of sulfonamides is 1. The third kappa shape index (κ3) is 5.46. The number of aryl methyl sites for hydroxylation is 2. The number of aliphatic hydroxyl groups is 1. The van der Waals surface area contributed by atoms with Gasteiger partial charge in [0.2, 0.25) is 10.0 Å². The summed E-state index contributed by atoms with van der Waals surface area (Å²) in [5.74, 6) is -0.511. The number of fused-ring (bicyclic) bond motifs is 2. The van der Waals surface area contributed by atoms with Gasteiger partial charge >= 0.3 is 6.36 Å². The third-order valence-corrected chi connectivity index (χ3v) is 8.50. The molecule has 6 nitrogen and oxygen atoms in total. The van der Waals surface area contributed by atoms with Crippen LogP contribution in [0.15, 0.2) is 77.7 Å². The van der Waals surface area contributed by atoms with Crippen LogP contribution in [-0.2, 0) is 22.9 Å². The van der Waals surface area contributed by atoms with Gasteiger partial charge in [0.25, 0.3) is 0 Å². The van der Waals surface area contributed by atoms with Gasteiger partial charge in [0.05, 0.1) is 23.1 Å². The maximum Gasteiger partial charge on any atom is 0.573 e. The van der Waals surface area contributed by atoms with Crippen LogP contribution in [0.5, 0.6) is 5.75 Å². The number of nitrogens with zero attached hydrogens (tertiary/aromatic N) is 1. The standard InChI is InChI=1S/C27H27F3N2O4S/c28-27(29,30)36-20-14-16-21(17-15-20)37(34,35)31-22-8-5-11-25(26(22)33)32-23-9-3-1-6-18(23)12-13-19-7-2-4-10-24(19)32/h1-4,6-7,9-10,14-17,22,25-26,31,33H,5,8,11-13H2/t22-,25+,26+/m0/s1. The highest BCUT2D eigenvalue weighted by molar-refractivity contribution is 7.89. The number of anilines is 2. The molecule has 37 heavy (non-hydrogen) atoms. The summed E-state index contributed by atoms with van der Waals surface area (Å²) in [7, 11) is -4.10. The minimum absolute atomic E-state index is 0.207. The van der Waals surface area contributed by atoms with Crippen LogP contribution >= 0.6 is 0 Å². The van der Waals surface area contributed by atoms with Crippen molar-refractivity contribution in [1.82, 2.24) is 4.72 Å². The lowest BCUT2D eigenvalue weighted by Gasteiger charge is -2.43. The molecule has 10 heteroatoms. The smallest absolute Gasteiger partial charge is 0.406 e. The van der Waals surface area contributed by atoms with Gasteiger partial charge in [-0.25, -0.2) is 13.1 Å². The van der Waals surface area contributed by atoms with Gasteiger partial charge in [-0.15, -0.1) is 13.2 Å². The SMILES string of the molecule is O=S(=O)(N[C@H]1CCC[C@@H](N2c3ccccc3CCc3ccccc32)[C@@H]1O)c1ccc(OC(F)(F)F)cc1. The fourth-order valence-corrected chi connectivity index (χ4v) is 6.61. The Morgan fingerprint density at radius 2 is 1.43 bits per heavy atom. The second-order valence-corrected chi connectivity index (χ2v) is 11.1. The van der Waals surface area contributed by atoms with Gasteiger partial charge in [0.1, 0.15) is 5.75 Å². The quantitative estimate of drug-likeness (QED) is 0.479. The van der Waals surface area contributed by atoms with E-state index < -0.39 is 34.3 Å². The molecule has 0 spiro atoms. The van der Waals surface area contributed by atoms with E-state index in [1.807, 2.05) is 36.4 Å². The number of hydrogen-bond donors (Lipinski definition) is 2. The maximum atomic E-state index is 13.1. The van der Waals surface area contributed by atoms with Gasteiger partial charge in [-0.1, -0.05) is 36.4 Å². The average Bonchev–Trinajstić information content (AvgIpc) is 3.02. The molecule has 5 rings (SSSR count). The van der Waals surface area contributed by atoms with E-state index in [2.05, 4.69) is 26.5 Å². The summed E-state index contributed by atoms with van der Waals surface area (Å²) in [6, 6.07) is 19.0. The van der Waals surface area contributed by atoms with Crippen molar-refractivity contribution in [2.45, 2.75) is 61.5 Å². The molecule has 0 radical (unpaired) electrons. The van der Waals surface area contributed by atoms with Crippen LogP contribution in [0.1, 0.15) is 30.4 Å². The van der Waals surface area contributed by atoms with Crippen molar-refractivity contribution < 1.29 is 31.4 Å². The van der Waals surface area contributed by atoms with Gasteiger partial charge in [-0.2, -0.15) is 0 Å². The van der Waals surface area contributed by atoms with Gasteiger partial charge < -0.3 is 14.7 Å². The molecule has 2 N–H and O–H groups in total. The minimum atomic E-state index is -4.87. The molecule has 0 saturated heterocycles. The number of ether oxygens (including phenoxy) is 1. The Morgan fingerprint density at radius 1 is 0.865 bits per heavy atom. The molecule has 1 fully saturated rings. The predicted octanol–water partition coefficient (Wildman–Crippen LogP) is 5.08. The third-order valence-electron chi connectivity index (χ3n) is 6.99. The summed E-state index contributed by atoms with van der Waals surface area (Å²) in [6.07, 6.45) is -2.38. The van der Waals surface area contributed by atoms with Gasteiger partial charge in [-0.05, 0) is 79.6 Å². The number of para-hydroxylation sites is 2. The molecule has 0 unspecified atom stereocenters. The molecule has 1 aliphatic carbocycles.